The minimum absolute atomic E-state index is 0.197. The van der Waals surface area contributed by atoms with Crippen LogP contribution < -0.4 is 0 Å². The number of morpholine rings is 2. The van der Waals surface area contributed by atoms with Gasteiger partial charge in [0, 0.05) is 43.9 Å². The molecule has 3 aliphatic heterocycles. The number of para-hydroxylation sites is 1. The van der Waals surface area contributed by atoms with Gasteiger partial charge in [-0.15, -0.1) is 0 Å². The normalized spacial score (nSPS) is 19.5. The number of hydrogen-bond donors (Lipinski definition) is 0. The number of nitrogens with zero attached hydrogens (tertiary/aromatic N) is 4. The van der Waals surface area contributed by atoms with Crippen molar-refractivity contribution < 1.29 is 22.7 Å². The average molecular weight is 509 g/mol. The fourth-order valence-electron chi connectivity index (χ4n) is 5.11. The van der Waals surface area contributed by atoms with Gasteiger partial charge in [0.25, 0.3) is 5.91 Å². The number of hydrogen-bond acceptors (Lipinski definition) is 7. The Morgan fingerprint density at radius 1 is 0.917 bits per heavy atom. The Hall–Kier alpha value is -3.05. The van der Waals surface area contributed by atoms with Crippen molar-refractivity contribution in [2.75, 3.05) is 52.6 Å². The van der Waals surface area contributed by atoms with Crippen LogP contribution in [0.1, 0.15) is 21.6 Å². The van der Waals surface area contributed by atoms with E-state index in [4.69, 9.17) is 14.6 Å². The highest BCUT2D eigenvalue weighted by Crippen LogP contribution is 2.41. The van der Waals surface area contributed by atoms with Gasteiger partial charge in [-0.2, -0.15) is 5.10 Å². The number of sulfone groups is 1. The first-order valence-electron chi connectivity index (χ1n) is 12.2. The van der Waals surface area contributed by atoms with Gasteiger partial charge in [0.1, 0.15) is 0 Å². The van der Waals surface area contributed by atoms with Gasteiger partial charge in [-0.1, -0.05) is 30.3 Å². The molecule has 0 spiro atoms. The lowest BCUT2D eigenvalue weighted by Gasteiger charge is -2.27. The molecule has 0 radical (unpaired) electrons. The monoisotopic (exact) mass is 508 g/mol. The first-order valence-corrected chi connectivity index (χ1v) is 13.9. The molecule has 0 N–H and O–H groups in total. The quantitative estimate of drug-likeness (QED) is 0.533. The maximum Gasteiger partial charge on any atom is 0.274 e. The number of carbonyl (C=O) groups excluding carboxylic acids is 1. The Morgan fingerprint density at radius 3 is 2.33 bits per heavy atom. The van der Waals surface area contributed by atoms with Crippen LogP contribution in [0.25, 0.3) is 16.9 Å². The van der Waals surface area contributed by atoms with E-state index in [0.717, 1.165) is 24.3 Å². The van der Waals surface area contributed by atoms with Crippen LogP contribution in [0, 0.1) is 0 Å². The number of carbonyl (C=O) groups is 1. The van der Waals surface area contributed by atoms with Gasteiger partial charge in [0.15, 0.2) is 15.5 Å². The van der Waals surface area contributed by atoms with Crippen LogP contribution in [-0.2, 0) is 31.6 Å². The lowest BCUT2D eigenvalue weighted by molar-refractivity contribution is 0.0298. The molecule has 0 unspecified atom stereocenters. The molecular weight excluding hydrogens is 480 g/mol. The summed E-state index contributed by atoms with van der Waals surface area (Å²) in [6, 6.07) is 15.2. The van der Waals surface area contributed by atoms with Gasteiger partial charge in [0.2, 0.25) is 0 Å². The van der Waals surface area contributed by atoms with Crippen LogP contribution >= 0.6 is 0 Å². The second-order valence-corrected chi connectivity index (χ2v) is 11.3. The molecule has 10 heteroatoms. The SMILES string of the molecule is O=C(c1nn(-c2ccccc2)c2c1CS(=O)(=O)c1cc(CN3CCOCC3)ccc1-2)N1CCOCC1. The predicted octanol–water partition coefficient (Wildman–Crippen LogP) is 2.13. The molecule has 3 aromatic rings. The smallest absolute Gasteiger partial charge is 0.274 e. The molecule has 0 saturated carbocycles. The van der Waals surface area contributed by atoms with Gasteiger partial charge in [-0.05, 0) is 23.8 Å². The predicted molar refractivity (Wildman–Crippen MR) is 133 cm³/mol. The van der Waals surface area contributed by atoms with Gasteiger partial charge >= 0.3 is 0 Å². The Kier molecular flexibility index (Phi) is 6.12. The zero-order valence-corrected chi connectivity index (χ0v) is 20.7. The third-order valence-corrected chi connectivity index (χ3v) is 8.64. The Labute approximate surface area is 210 Å². The van der Waals surface area contributed by atoms with E-state index in [1.807, 2.05) is 42.5 Å². The van der Waals surface area contributed by atoms with Crippen molar-refractivity contribution in [3.63, 3.8) is 0 Å². The van der Waals surface area contributed by atoms with Crippen molar-refractivity contribution in [1.29, 1.82) is 0 Å². The molecule has 36 heavy (non-hydrogen) atoms. The lowest BCUT2D eigenvalue weighted by Crippen LogP contribution is -2.41. The van der Waals surface area contributed by atoms with E-state index in [1.165, 1.54) is 0 Å². The molecule has 2 aromatic carbocycles. The minimum Gasteiger partial charge on any atom is -0.379 e. The molecule has 2 fully saturated rings. The molecule has 0 atom stereocenters. The first kappa shape index (κ1) is 23.4. The van der Waals surface area contributed by atoms with Gasteiger partial charge in [-0.3, -0.25) is 9.69 Å². The molecule has 4 heterocycles. The highest BCUT2D eigenvalue weighted by molar-refractivity contribution is 7.90. The van der Waals surface area contributed by atoms with Crippen LogP contribution in [0.3, 0.4) is 0 Å². The fourth-order valence-corrected chi connectivity index (χ4v) is 6.75. The van der Waals surface area contributed by atoms with Crippen LogP contribution in [-0.4, -0.2) is 86.5 Å². The summed E-state index contributed by atoms with van der Waals surface area (Å²) in [6.07, 6.45) is 0. The van der Waals surface area contributed by atoms with E-state index in [-0.39, 0.29) is 17.4 Å². The van der Waals surface area contributed by atoms with E-state index in [2.05, 4.69) is 4.90 Å². The van der Waals surface area contributed by atoms with Gasteiger partial charge in [0.05, 0.1) is 48.5 Å². The second kappa shape index (κ2) is 9.44. The van der Waals surface area contributed by atoms with Crippen LogP contribution in [0.15, 0.2) is 53.4 Å². The highest BCUT2D eigenvalue weighted by Gasteiger charge is 2.37. The van der Waals surface area contributed by atoms with Crippen molar-refractivity contribution in [3.05, 3.63) is 65.4 Å². The molecule has 0 bridgehead atoms. The summed E-state index contributed by atoms with van der Waals surface area (Å²) in [5.41, 5.74) is 3.63. The maximum atomic E-state index is 13.6. The van der Waals surface area contributed by atoms with Crippen molar-refractivity contribution in [1.82, 2.24) is 19.6 Å². The summed E-state index contributed by atoms with van der Waals surface area (Å²) in [4.78, 5) is 17.7. The molecule has 6 rings (SSSR count). The lowest BCUT2D eigenvalue weighted by atomic mass is 10.0. The third kappa shape index (κ3) is 4.24. The summed E-state index contributed by atoms with van der Waals surface area (Å²) >= 11 is 0. The van der Waals surface area contributed by atoms with Crippen molar-refractivity contribution >= 4 is 15.7 Å². The molecule has 3 aliphatic rings. The van der Waals surface area contributed by atoms with E-state index in [9.17, 15) is 13.2 Å². The van der Waals surface area contributed by atoms with E-state index >= 15 is 0 Å². The fraction of sp³-hybridized carbons (Fsp3) is 0.385. The van der Waals surface area contributed by atoms with E-state index < -0.39 is 9.84 Å². The van der Waals surface area contributed by atoms with Crippen LogP contribution in [0.2, 0.25) is 0 Å². The Morgan fingerprint density at radius 2 is 1.61 bits per heavy atom. The molecule has 1 aromatic heterocycles. The molecule has 1 amide bonds. The first-order chi connectivity index (χ1) is 17.5. The zero-order valence-electron chi connectivity index (χ0n) is 19.9. The molecule has 0 aliphatic carbocycles. The minimum atomic E-state index is -3.67. The number of rotatable bonds is 4. The molecule has 9 nitrogen and oxygen atoms in total. The standard InChI is InChI=1S/C26H28N4O5S/c31-26(29-10-14-35-15-11-29)24-22-18-36(32,33)23-16-19(17-28-8-12-34-13-9-28)6-7-21(23)25(22)30(27-24)20-4-2-1-3-5-20/h1-7,16H,8-15,17-18H2. The van der Waals surface area contributed by atoms with Crippen molar-refractivity contribution in [2.24, 2.45) is 0 Å². The molecule has 188 valence electrons. The van der Waals surface area contributed by atoms with Crippen molar-refractivity contribution in [2.45, 2.75) is 17.2 Å². The van der Waals surface area contributed by atoms with Gasteiger partial charge in [-0.25, -0.2) is 13.1 Å². The maximum absolute atomic E-state index is 13.6. The summed E-state index contributed by atoms with van der Waals surface area (Å²) < 4.78 is 39.7. The highest BCUT2D eigenvalue weighted by atomic mass is 32.2. The second-order valence-electron chi connectivity index (χ2n) is 9.31. The van der Waals surface area contributed by atoms with Crippen molar-refractivity contribution in [3.8, 4) is 16.9 Å². The number of fused-ring (bicyclic) bond motifs is 3. The summed E-state index contributed by atoms with van der Waals surface area (Å²) in [5, 5.41) is 4.72. The zero-order chi connectivity index (χ0) is 24.7. The van der Waals surface area contributed by atoms with Gasteiger partial charge < -0.3 is 14.4 Å². The Bertz CT molecular complexity index is 1390. The number of ether oxygens (including phenoxy) is 2. The van der Waals surface area contributed by atoms with E-state index in [0.29, 0.717) is 67.8 Å². The third-order valence-electron chi connectivity index (χ3n) is 6.97. The number of amides is 1. The molecular formula is C26H28N4O5S. The topological polar surface area (TPSA) is 94.0 Å². The number of aromatic nitrogens is 2. The summed E-state index contributed by atoms with van der Waals surface area (Å²) in [7, 11) is -3.67. The number of benzene rings is 2. The van der Waals surface area contributed by atoms with Crippen LogP contribution in [0.5, 0.6) is 0 Å². The Balaban J connectivity index is 1.47. The summed E-state index contributed by atoms with van der Waals surface area (Å²) in [5.74, 6) is -0.513. The molecule has 2 saturated heterocycles. The summed E-state index contributed by atoms with van der Waals surface area (Å²) in [6.45, 7) is 5.51. The largest absolute Gasteiger partial charge is 0.379 e. The van der Waals surface area contributed by atoms with Crippen LogP contribution in [0.4, 0.5) is 0 Å². The van der Waals surface area contributed by atoms with E-state index in [1.54, 1.807) is 15.6 Å². The average Bonchev–Trinajstić information content (AvgIpc) is 3.28.